The van der Waals surface area contributed by atoms with Crippen LogP contribution in [0.3, 0.4) is 0 Å². The number of aliphatic hydroxyl groups excluding tert-OH is 1. The number of carbonyl (C=O) groups excluding carboxylic acids is 1. The molecule has 4 heteroatoms. The third-order valence-electron chi connectivity index (χ3n) is 3.86. The van der Waals surface area contributed by atoms with E-state index in [4.69, 9.17) is 4.74 Å². The standard InChI is InChI=1S/C18H19NO3/c20-16(15-9-5-2-6-10-15)17-18(21)19(11-12-22-17)13-14-7-3-1-4-8-14/h1-10,16-17,20H,11-13H2. The highest BCUT2D eigenvalue weighted by atomic mass is 16.5. The van der Waals surface area contributed by atoms with Crippen LogP contribution in [0.25, 0.3) is 0 Å². The molecule has 1 heterocycles. The van der Waals surface area contributed by atoms with E-state index >= 15 is 0 Å². The minimum Gasteiger partial charge on any atom is -0.385 e. The molecule has 1 aliphatic heterocycles. The second-order valence-corrected chi connectivity index (χ2v) is 5.39. The smallest absolute Gasteiger partial charge is 0.255 e. The number of hydrogen-bond donors (Lipinski definition) is 1. The minimum atomic E-state index is -0.938. The van der Waals surface area contributed by atoms with Crippen LogP contribution >= 0.6 is 0 Å². The van der Waals surface area contributed by atoms with Crippen molar-refractivity contribution >= 4 is 5.91 Å². The number of carbonyl (C=O) groups is 1. The molecule has 1 fully saturated rings. The van der Waals surface area contributed by atoms with E-state index < -0.39 is 12.2 Å². The molecule has 0 aliphatic carbocycles. The van der Waals surface area contributed by atoms with Crippen molar-refractivity contribution in [3.05, 3.63) is 71.8 Å². The molecule has 0 saturated carbocycles. The summed E-state index contributed by atoms with van der Waals surface area (Å²) in [6, 6.07) is 19.0. The molecule has 2 unspecified atom stereocenters. The summed E-state index contributed by atoms with van der Waals surface area (Å²) in [6.07, 6.45) is -1.77. The van der Waals surface area contributed by atoms with Gasteiger partial charge >= 0.3 is 0 Å². The van der Waals surface area contributed by atoms with Gasteiger partial charge in [0.2, 0.25) is 0 Å². The number of rotatable bonds is 4. The minimum absolute atomic E-state index is 0.161. The molecule has 0 bridgehead atoms. The molecule has 22 heavy (non-hydrogen) atoms. The van der Waals surface area contributed by atoms with Gasteiger partial charge < -0.3 is 14.7 Å². The average Bonchev–Trinajstić information content (AvgIpc) is 2.58. The van der Waals surface area contributed by atoms with Crippen molar-refractivity contribution in [2.75, 3.05) is 13.2 Å². The van der Waals surface area contributed by atoms with Crippen molar-refractivity contribution < 1.29 is 14.6 Å². The van der Waals surface area contributed by atoms with E-state index in [0.717, 1.165) is 5.56 Å². The summed E-state index contributed by atoms with van der Waals surface area (Å²) < 4.78 is 5.53. The number of amides is 1. The van der Waals surface area contributed by atoms with Gasteiger partial charge in [-0.25, -0.2) is 0 Å². The monoisotopic (exact) mass is 297 g/mol. The van der Waals surface area contributed by atoms with Crippen LogP contribution in [-0.4, -0.2) is 35.2 Å². The summed E-state index contributed by atoms with van der Waals surface area (Å²) in [4.78, 5) is 14.3. The number of hydrogen-bond acceptors (Lipinski definition) is 3. The van der Waals surface area contributed by atoms with Crippen LogP contribution in [0.5, 0.6) is 0 Å². The lowest BCUT2D eigenvalue weighted by molar-refractivity contribution is -0.164. The van der Waals surface area contributed by atoms with E-state index in [0.29, 0.717) is 25.3 Å². The van der Waals surface area contributed by atoms with Crippen LogP contribution in [0.2, 0.25) is 0 Å². The molecule has 0 spiro atoms. The third kappa shape index (κ3) is 3.18. The van der Waals surface area contributed by atoms with E-state index in [1.54, 1.807) is 17.0 Å². The van der Waals surface area contributed by atoms with Crippen LogP contribution in [0.4, 0.5) is 0 Å². The lowest BCUT2D eigenvalue weighted by Gasteiger charge is -2.34. The molecule has 0 radical (unpaired) electrons. The van der Waals surface area contributed by atoms with Gasteiger partial charge in [-0.05, 0) is 11.1 Å². The predicted molar refractivity (Wildman–Crippen MR) is 83.0 cm³/mol. The van der Waals surface area contributed by atoms with E-state index in [-0.39, 0.29) is 5.91 Å². The number of ether oxygens (including phenoxy) is 1. The Morgan fingerprint density at radius 2 is 1.73 bits per heavy atom. The zero-order chi connectivity index (χ0) is 15.4. The summed E-state index contributed by atoms with van der Waals surface area (Å²) in [6.45, 7) is 1.53. The molecular weight excluding hydrogens is 278 g/mol. The van der Waals surface area contributed by atoms with Gasteiger partial charge in [-0.3, -0.25) is 4.79 Å². The summed E-state index contributed by atoms with van der Waals surface area (Å²) >= 11 is 0. The quantitative estimate of drug-likeness (QED) is 0.940. The summed E-state index contributed by atoms with van der Waals surface area (Å²) in [5, 5.41) is 10.4. The van der Waals surface area contributed by atoms with Crippen molar-refractivity contribution in [3.63, 3.8) is 0 Å². The second kappa shape index (κ2) is 6.73. The number of morpholine rings is 1. The molecule has 1 N–H and O–H groups in total. The molecule has 1 amide bonds. The van der Waals surface area contributed by atoms with Crippen LogP contribution in [-0.2, 0) is 16.1 Å². The van der Waals surface area contributed by atoms with Crippen molar-refractivity contribution in [1.29, 1.82) is 0 Å². The van der Waals surface area contributed by atoms with Crippen LogP contribution in [0.1, 0.15) is 17.2 Å². The lowest BCUT2D eigenvalue weighted by Crippen LogP contribution is -2.49. The molecule has 1 aliphatic rings. The summed E-state index contributed by atoms with van der Waals surface area (Å²) in [7, 11) is 0. The maximum absolute atomic E-state index is 12.6. The van der Waals surface area contributed by atoms with Crippen molar-refractivity contribution in [1.82, 2.24) is 4.90 Å². The van der Waals surface area contributed by atoms with Crippen molar-refractivity contribution in [3.8, 4) is 0 Å². The van der Waals surface area contributed by atoms with Gasteiger partial charge in [-0.1, -0.05) is 60.7 Å². The zero-order valence-electron chi connectivity index (χ0n) is 12.3. The first-order valence-electron chi connectivity index (χ1n) is 7.43. The van der Waals surface area contributed by atoms with Gasteiger partial charge in [0.25, 0.3) is 5.91 Å². The Balaban J connectivity index is 1.72. The van der Waals surface area contributed by atoms with E-state index in [1.165, 1.54) is 0 Å². The Kier molecular flexibility index (Phi) is 4.51. The second-order valence-electron chi connectivity index (χ2n) is 5.39. The maximum Gasteiger partial charge on any atom is 0.255 e. The first-order chi connectivity index (χ1) is 10.8. The van der Waals surface area contributed by atoms with Gasteiger partial charge in [-0.2, -0.15) is 0 Å². The normalized spacial score (nSPS) is 20.0. The lowest BCUT2D eigenvalue weighted by atomic mass is 10.0. The van der Waals surface area contributed by atoms with Gasteiger partial charge in [0.1, 0.15) is 6.10 Å². The molecule has 4 nitrogen and oxygen atoms in total. The summed E-state index contributed by atoms with van der Waals surface area (Å²) in [5.41, 5.74) is 1.77. The van der Waals surface area contributed by atoms with Gasteiger partial charge in [0, 0.05) is 13.1 Å². The average molecular weight is 297 g/mol. The van der Waals surface area contributed by atoms with Crippen molar-refractivity contribution in [2.24, 2.45) is 0 Å². The Morgan fingerprint density at radius 3 is 2.41 bits per heavy atom. The Morgan fingerprint density at radius 1 is 1.09 bits per heavy atom. The van der Waals surface area contributed by atoms with Crippen molar-refractivity contribution in [2.45, 2.75) is 18.8 Å². The van der Waals surface area contributed by atoms with Crippen LogP contribution < -0.4 is 0 Å². The predicted octanol–water partition coefficient (Wildman–Crippen LogP) is 2.15. The van der Waals surface area contributed by atoms with Crippen LogP contribution in [0, 0.1) is 0 Å². The first kappa shape index (κ1) is 14.8. The third-order valence-corrected chi connectivity index (χ3v) is 3.86. The topological polar surface area (TPSA) is 49.8 Å². The Bertz CT molecular complexity index is 615. The Hall–Kier alpha value is -2.17. The molecule has 2 aromatic rings. The number of aliphatic hydroxyl groups is 1. The molecule has 1 saturated heterocycles. The molecular formula is C18H19NO3. The SMILES string of the molecule is O=C1C(C(O)c2ccccc2)OCCN1Cc1ccccc1. The fraction of sp³-hybridized carbons (Fsp3) is 0.278. The molecule has 114 valence electrons. The number of nitrogens with zero attached hydrogens (tertiary/aromatic N) is 1. The van der Waals surface area contributed by atoms with E-state index in [9.17, 15) is 9.90 Å². The molecule has 2 atom stereocenters. The highest BCUT2D eigenvalue weighted by Crippen LogP contribution is 2.24. The van der Waals surface area contributed by atoms with E-state index in [1.807, 2.05) is 48.5 Å². The first-order valence-corrected chi connectivity index (χ1v) is 7.43. The number of benzene rings is 2. The largest absolute Gasteiger partial charge is 0.385 e. The zero-order valence-corrected chi connectivity index (χ0v) is 12.3. The molecule has 3 rings (SSSR count). The van der Waals surface area contributed by atoms with E-state index in [2.05, 4.69) is 0 Å². The van der Waals surface area contributed by atoms with Gasteiger partial charge in [0.15, 0.2) is 6.10 Å². The molecule has 0 aromatic heterocycles. The highest BCUT2D eigenvalue weighted by Gasteiger charge is 2.35. The maximum atomic E-state index is 12.6. The summed E-state index contributed by atoms with van der Waals surface area (Å²) in [5.74, 6) is -0.161. The van der Waals surface area contributed by atoms with Crippen LogP contribution in [0.15, 0.2) is 60.7 Å². The molecule has 2 aromatic carbocycles. The van der Waals surface area contributed by atoms with Gasteiger partial charge in [-0.15, -0.1) is 0 Å². The fourth-order valence-electron chi connectivity index (χ4n) is 2.66. The Labute approximate surface area is 130 Å². The van der Waals surface area contributed by atoms with Gasteiger partial charge in [0.05, 0.1) is 6.61 Å². The fourth-order valence-corrected chi connectivity index (χ4v) is 2.66. The highest BCUT2D eigenvalue weighted by molar-refractivity contribution is 5.82.